The number of imidazole rings is 1. The molecular weight excluding hydrogens is 474 g/mol. The molecule has 0 spiro atoms. The molecule has 9 nitrogen and oxygen atoms in total. The molecule has 1 aromatic carbocycles. The number of carbonyl (C=O) groups excluding carboxylic acids is 1. The van der Waals surface area contributed by atoms with Gasteiger partial charge in [-0.1, -0.05) is 23.4 Å². The van der Waals surface area contributed by atoms with Gasteiger partial charge in [-0.25, -0.2) is 18.4 Å². The van der Waals surface area contributed by atoms with E-state index in [-0.39, 0.29) is 22.3 Å². The van der Waals surface area contributed by atoms with Crippen molar-refractivity contribution in [2.75, 3.05) is 30.8 Å². The number of H-pyrrole nitrogens is 1. The third-order valence-corrected chi connectivity index (χ3v) is 7.83. The number of nitrogens with one attached hydrogen (secondary N) is 2. The number of carbonyl (C=O) groups is 1. The molecule has 0 atom stereocenters. The smallest absolute Gasteiger partial charge is 0.246 e. The Labute approximate surface area is 195 Å². The van der Waals surface area contributed by atoms with Crippen LogP contribution in [0.5, 0.6) is 5.75 Å². The Balaban J connectivity index is 1.47. The standard InChI is InChI=1S/C20H22ClN5O4S2/c1-2-30-16-6-5-14(10-17(16)32(28,29)26-7-3-4-8-26)23-18(27)12-31-20-24-15-9-13(21)11-22-19(15)25-20/h5-6,9-11H,2-4,7-8,12H2,1H3,(H,23,27)(H,22,24,25). The first-order valence-corrected chi connectivity index (χ1v) is 12.9. The summed E-state index contributed by atoms with van der Waals surface area (Å²) in [5, 5.41) is 3.78. The molecule has 0 radical (unpaired) electrons. The van der Waals surface area contributed by atoms with Crippen LogP contribution in [0.4, 0.5) is 5.69 Å². The van der Waals surface area contributed by atoms with E-state index in [2.05, 4.69) is 20.3 Å². The van der Waals surface area contributed by atoms with Crippen molar-refractivity contribution in [2.45, 2.75) is 29.8 Å². The maximum absolute atomic E-state index is 13.1. The van der Waals surface area contributed by atoms with Crippen LogP contribution < -0.4 is 10.1 Å². The summed E-state index contributed by atoms with van der Waals surface area (Å²) in [6, 6.07) is 6.37. The van der Waals surface area contributed by atoms with Gasteiger partial charge in [0, 0.05) is 25.0 Å². The second-order valence-corrected chi connectivity index (χ2v) is 10.4. The van der Waals surface area contributed by atoms with E-state index in [1.807, 2.05) is 0 Å². The van der Waals surface area contributed by atoms with Gasteiger partial charge in [0.1, 0.15) is 10.6 Å². The van der Waals surface area contributed by atoms with Crippen molar-refractivity contribution in [3.05, 3.63) is 35.5 Å². The number of nitrogens with zero attached hydrogens (tertiary/aromatic N) is 3. The highest BCUT2D eigenvalue weighted by atomic mass is 35.5. The minimum atomic E-state index is -3.70. The molecule has 1 aliphatic rings. The number of pyridine rings is 1. The first-order valence-electron chi connectivity index (χ1n) is 10.1. The number of hydrogen-bond acceptors (Lipinski definition) is 7. The lowest BCUT2D eigenvalue weighted by Gasteiger charge is -2.19. The summed E-state index contributed by atoms with van der Waals surface area (Å²) in [6.07, 6.45) is 3.17. The quantitative estimate of drug-likeness (QED) is 0.459. The molecule has 1 fully saturated rings. The molecule has 170 valence electrons. The summed E-state index contributed by atoms with van der Waals surface area (Å²) in [7, 11) is -3.70. The monoisotopic (exact) mass is 495 g/mol. The first-order chi connectivity index (χ1) is 15.4. The summed E-state index contributed by atoms with van der Waals surface area (Å²) in [5.41, 5.74) is 1.58. The maximum atomic E-state index is 13.1. The van der Waals surface area contributed by atoms with Gasteiger partial charge in [0.25, 0.3) is 0 Å². The predicted molar refractivity (Wildman–Crippen MR) is 124 cm³/mol. The van der Waals surface area contributed by atoms with E-state index in [9.17, 15) is 13.2 Å². The van der Waals surface area contributed by atoms with Crippen LogP contribution >= 0.6 is 23.4 Å². The zero-order chi connectivity index (χ0) is 22.7. The molecular formula is C20H22ClN5O4S2. The van der Waals surface area contributed by atoms with Crippen LogP contribution in [0.2, 0.25) is 5.02 Å². The Morgan fingerprint density at radius 2 is 2.09 bits per heavy atom. The highest BCUT2D eigenvalue weighted by Gasteiger charge is 2.30. The van der Waals surface area contributed by atoms with E-state index in [4.69, 9.17) is 16.3 Å². The van der Waals surface area contributed by atoms with Gasteiger partial charge in [0.2, 0.25) is 15.9 Å². The zero-order valence-electron chi connectivity index (χ0n) is 17.3. The number of amides is 1. The molecule has 0 saturated carbocycles. The van der Waals surface area contributed by atoms with Gasteiger partial charge < -0.3 is 15.0 Å². The largest absolute Gasteiger partial charge is 0.492 e. The molecule has 1 saturated heterocycles. The number of sulfonamides is 1. The van der Waals surface area contributed by atoms with Crippen LogP contribution in [0.15, 0.2) is 40.5 Å². The summed E-state index contributed by atoms with van der Waals surface area (Å²) < 4.78 is 33.2. The van der Waals surface area contributed by atoms with Gasteiger partial charge in [-0.05, 0) is 44.0 Å². The van der Waals surface area contributed by atoms with Gasteiger partial charge >= 0.3 is 0 Å². The van der Waals surface area contributed by atoms with Gasteiger partial charge in [-0.2, -0.15) is 4.31 Å². The topological polar surface area (TPSA) is 117 Å². The third-order valence-electron chi connectivity index (χ3n) is 4.83. The lowest BCUT2D eigenvalue weighted by Crippen LogP contribution is -2.28. The molecule has 0 aliphatic carbocycles. The molecule has 4 rings (SSSR count). The Morgan fingerprint density at radius 3 is 2.84 bits per heavy atom. The lowest BCUT2D eigenvalue weighted by molar-refractivity contribution is -0.113. The number of rotatable bonds is 8. The van der Waals surface area contributed by atoms with Crippen molar-refractivity contribution in [2.24, 2.45) is 0 Å². The van der Waals surface area contributed by atoms with Gasteiger partial charge in [-0.3, -0.25) is 4.79 Å². The molecule has 3 heterocycles. The number of ether oxygens (including phenoxy) is 1. The van der Waals surface area contributed by atoms with E-state index in [0.717, 1.165) is 12.8 Å². The van der Waals surface area contributed by atoms with Crippen LogP contribution in [0.3, 0.4) is 0 Å². The summed E-state index contributed by atoms with van der Waals surface area (Å²) >= 11 is 7.13. The van der Waals surface area contributed by atoms with Gasteiger partial charge in [0.05, 0.1) is 22.9 Å². The van der Waals surface area contributed by atoms with E-state index >= 15 is 0 Å². The highest BCUT2D eigenvalue weighted by Crippen LogP contribution is 2.32. The Kier molecular flexibility index (Phi) is 6.89. The fourth-order valence-electron chi connectivity index (χ4n) is 3.38. The van der Waals surface area contributed by atoms with Crippen LogP contribution in [-0.4, -0.2) is 59.0 Å². The number of hydrogen-bond donors (Lipinski definition) is 2. The second kappa shape index (κ2) is 9.65. The van der Waals surface area contributed by atoms with Crippen molar-refractivity contribution in [3.8, 4) is 5.75 Å². The Hall–Kier alpha value is -2.34. The van der Waals surface area contributed by atoms with E-state index in [1.54, 1.807) is 25.1 Å². The van der Waals surface area contributed by atoms with Crippen molar-refractivity contribution >= 4 is 56.1 Å². The van der Waals surface area contributed by atoms with Crippen LogP contribution in [0.25, 0.3) is 11.2 Å². The summed E-state index contributed by atoms with van der Waals surface area (Å²) in [4.78, 5) is 24.0. The maximum Gasteiger partial charge on any atom is 0.246 e. The number of benzene rings is 1. The van der Waals surface area contributed by atoms with Crippen molar-refractivity contribution < 1.29 is 17.9 Å². The average molecular weight is 496 g/mol. The first kappa shape index (κ1) is 22.8. The Morgan fingerprint density at radius 1 is 1.31 bits per heavy atom. The van der Waals surface area contributed by atoms with E-state index in [1.165, 1.54) is 28.3 Å². The second-order valence-electron chi connectivity index (χ2n) is 7.11. The number of anilines is 1. The molecule has 3 aromatic rings. The fraction of sp³-hybridized carbons (Fsp3) is 0.350. The minimum Gasteiger partial charge on any atom is -0.492 e. The molecule has 32 heavy (non-hydrogen) atoms. The van der Waals surface area contributed by atoms with Crippen LogP contribution in [-0.2, 0) is 14.8 Å². The highest BCUT2D eigenvalue weighted by molar-refractivity contribution is 7.99. The molecule has 1 aliphatic heterocycles. The molecule has 12 heteroatoms. The number of aromatic amines is 1. The van der Waals surface area contributed by atoms with Crippen molar-refractivity contribution in [3.63, 3.8) is 0 Å². The summed E-state index contributed by atoms with van der Waals surface area (Å²) in [5.74, 6) is 0.0601. The van der Waals surface area contributed by atoms with Gasteiger partial charge in [-0.15, -0.1) is 0 Å². The molecule has 1 amide bonds. The summed E-state index contributed by atoms with van der Waals surface area (Å²) in [6.45, 7) is 3.10. The normalized spacial score (nSPS) is 14.7. The average Bonchev–Trinajstić information content (AvgIpc) is 3.43. The molecule has 0 unspecified atom stereocenters. The van der Waals surface area contributed by atoms with Crippen molar-refractivity contribution in [1.82, 2.24) is 19.3 Å². The zero-order valence-corrected chi connectivity index (χ0v) is 19.7. The van der Waals surface area contributed by atoms with E-state index in [0.29, 0.717) is 46.7 Å². The Bertz CT molecular complexity index is 1240. The van der Waals surface area contributed by atoms with Crippen LogP contribution in [0.1, 0.15) is 19.8 Å². The van der Waals surface area contributed by atoms with Gasteiger partial charge in [0.15, 0.2) is 10.8 Å². The molecule has 2 N–H and O–H groups in total. The van der Waals surface area contributed by atoms with Crippen molar-refractivity contribution in [1.29, 1.82) is 0 Å². The lowest BCUT2D eigenvalue weighted by atomic mass is 10.3. The minimum absolute atomic E-state index is 0.0620. The number of thioether (sulfide) groups is 1. The number of halogens is 1. The molecule has 0 bridgehead atoms. The SMILES string of the molecule is CCOc1ccc(NC(=O)CSc2nc3ncc(Cl)cc3[nH]2)cc1S(=O)(=O)N1CCCC1. The number of fused-ring (bicyclic) bond motifs is 1. The fourth-order valence-corrected chi connectivity index (χ4v) is 5.89. The molecule has 2 aromatic heterocycles. The van der Waals surface area contributed by atoms with E-state index < -0.39 is 10.0 Å². The number of aromatic nitrogens is 3. The third kappa shape index (κ3) is 5.01. The van der Waals surface area contributed by atoms with Crippen LogP contribution in [0, 0.1) is 0 Å². The predicted octanol–water partition coefficient (Wildman–Crippen LogP) is 3.53.